The maximum Gasteiger partial charge on any atom is 0.322 e. The van der Waals surface area contributed by atoms with Crippen molar-refractivity contribution in [3.8, 4) is 22.6 Å². The summed E-state index contributed by atoms with van der Waals surface area (Å²) in [6, 6.07) is 12.4. The molecule has 4 rings (SSSR count). The molecule has 3 heterocycles. The molecule has 3 aromatic rings. The second-order valence-electron chi connectivity index (χ2n) is 6.47. The molecule has 1 fully saturated rings. The average molecular weight is 396 g/mol. The third-order valence-corrected chi connectivity index (χ3v) is 4.82. The Labute approximate surface area is 167 Å². The molecule has 0 spiro atoms. The molecule has 1 atom stereocenters. The SMILES string of the molecule is O=C(O)C1CN(c2cc(-c3ccc(Cl)cc3)nc(-c3cccnc3)n2)CCN1. The van der Waals surface area contributed by atoms with Gasteiger partial charge < -0.3 is 15.3 Å². The summed E-state index contributed by atoms with van der Waals surface area (Å²) in [5.41, 5.74) is 2.44. The van der Waals surface area contributed by atoms with Crippen LogP contribution in [0.5, 0.6) is 0 Å². The molecule has 0 amide bonds. The van der Waals surface area contributed by atoms with Crippen molar-refractivity contribution in [1.29, 1.82) is 0 Å². The zero-order valence-corrected chi connectivity index (χ0v) is 15.7. The Hall–Kier alpha value is -3.03. The Bertz CT molecular complexity index is 982. The van der Waals surface area contributed by atoms with E-state index in [0.29, 0.717) is 36.3 Å². The van der Waals surface area contributed by atoms with Crippen molar-refractivity contribution in [2.45, 2.75) is 6.04 Å². The first-order valence-corrected chi connectivity index (χ1v) is 9.24. The van der Waals surface area contributed by atoms with Crippen LogP contribution in [-0.2, 0) is 4.79 Å². The van der Waals surface area contributed by atoms with E-state index in [1.165, 1.54) is 0 Å². The second kappa shape index (κ2) is 7.92. The number of carbonyl (C=O) groups is 1. The van der Waals surface area contributed by atoms with Gasteiger partial charge in [-0.2, -0.15) is 0 Å². The fraction of sp³-hybridized carbons (Fsp3) is 0.200. The van der Waals surface area contributed by atoms with Crippen LogP contribution >= 0.6 is 11.6 Å². The molecule has 1 aliphatic heterocycles. The van der Waals surface area contributed by atoms with Gasteiger partial charge in [-0.1, -0.05) is 23.7 Å². The van der Waals surface area contributed by atoms with Crippen molar-refractivity contribution < 1.29 is 9.90 Å². The third kappa shape index (κ3) is 3.95. The fourth-order valence-corrected chi connectivity index (χ4v) is 3.24. The van der Waals surface area contributed by atoms with E-state index in [0.717, 1.165) is 16.8 Å². The maximum atomic E-state index is 11.4. The molecule has 0 aliphatic carbocycles. The van der Waals surface area contributed by atoms with Gasteiger partial charge in [0.1, 0.15) is 11.9 Å². The molecule has 1 aromatic carbocycles. The summed E-state index contributed by atoms with van der Waals surface area (Å²) < 4.78 is 0. The van der Waals surface area contributed by atoms with Crippen molar-refractivity contribution in [3.05, 3.63) is 59.9 Å². The van der Waals surface area contributed by atoms with Crippen LogP contribution in [0.3, 0.4) is 0 Å². The number of nitrogens with one attached hydrogen (secondary N) is 1. The van der Waals surface area contributed by atoms with Gasteiger partial charge in [-0.3, -0.25) is 9.78 Å². The quantitative estimate of drug-likeness (QED) is 0.701. The van der Waals surface area contributed by atoms with Crippen LogP contribution in [0, 0.1) is 0 Å². The topological polar surface area (TPSA) is 91.2 Å². The minimum Gasteiger partial charge on any atom is -0.480 e. The molecular weight excluding hydrogens is 378 g/mol. The molecule has 1 unspecified atom stereocenters. The van der Waals surface area contributed by atoms with E-state index in [4.69, 9.17) is 21.6 Å². The number of nitrogens with zero attached hydrogens (tertiary/aromatic N) is 4. The van der Waals surface area contributed by atoms with Gasteiger partial charge >= 0.3 is 5.97 Å². The number of aromatic nitrogens is 3. The highest BCUT2D eigenvalue weighted by atomic mass is 35.5. The molecular formula is C20H18ClN5O2. The first-order chi connectivity index (χ1) is 13.6. The normalized spacial score (nSPS) is 16.8. The Morgan fingerprint density at radius 2 is 2.00 bits per heavy atom. The number of piperazine rings is 1. The molecule has 1 aliphatic rings. The van der Waals surface area contributed by atoms with Crippen molar-refractivity contribution in [3.63, 3.8) is 0 Å². The van der Waals surface area contributed by atoms with Crippen LogP contribution in [0.25, 0.3) is 22.6 Å². The number of carboxylic acid groups (broad SMARTS) is 1. The molecule has 7 nitrogen and oxygen atoms in total. The van der Waals surface area contributed by atoms with E-state index in [1.54, 1.807) is 12.4 Å². The maximum absolute atomic E-state index is 11.4. The first kappa shape index (κ1) is 18.3. The molecule has 2 aromatic heterocycles. The van der Waals surface area contributed by atoms with Gasteiger partial charge in [-0.05, 0) is 24.3 Å². The van der Waals surface area contributed by atoms with Crippen LogP contribution in [0.1, 0.15) is 0 Å². The van der Waals surface area contributed by atoms with Crippen molar-refractivity contribution in [2.75, 3.05) is 24.5 Å². The largest absolute Gasteiger partial charge is 0.480 e. The lowest BCUT2D eigenvalue weighted by Crippen LogP contribution is -2.54. The van der Waals surface area contributed by atoms with Crippen molar-refractivity contribution in [1.82, 2.24) is 20.3 Å². The number of aliphatic carboxylic acids is 1. The van der Waals surface area contributed by atoms with Crippen molar-refractivity contribution >= 4 is 23.4 Å². The summed E-state index contributed by atoms with van der Waals surface area (Å²) in [6.07, 6.45) is 3.41. The summed E-state index contributed by atoms with van der Waals surface area (Å²) in [5.74, 6) is 0.358. The fourth-order valence-electron chi connectivity index (χ4n) is 3.11. The van der Waals surface area contributed by atoms with Crippen LogP contribution in [-0.4, -0.2) is 51.7 Å². The summed E-state index contributed by atoms with van der Waals surface area (Å²) in [6.45, 7) is 1.56. The number of hydrogen-bond acceptors (Lipinski definition) is 6. The highest BCUT2D eigenvalue weighted by Gasteiger charge is 2.26. The Morgan fingerprint density at radius 1 is 1.18 bits per heavy atom. The van der Waals surface area contributed by atoms with Gasteiger partial charge in [0, 0.05) is 54.2 Å². The summed E-state index contributed by atoms with van der Waals surface area (Å²) in [7, 11) is 0. The standard InChI is InChI=1S/C20H18ClN5O2/c21-15-5-3-13(4-6-15)16-10-18(26-9-8-23-17(12-26)20(27)28)25-19(24-16)14-2-1-7-22-11-14/h1-7,10-11,17,23H,8-9,12H2,(H,27,28). The highest BCUT2D eigenvalue weighted by molar-refractivity contribution is 6.30. The molecule has 1 saturated heterocycles. The number of anilines is 1. The molecule has 0 radical (unpaired) electrons. The smallest absolute Gasteiger partial charge is 0.322 e. The highest BCUT2D eigenvalue weighted by Crippen LogP contribution is 2.27. The van der Waals surface area contributed by atoms with Crippen molar-refractivity contribution in [2.24, 2.45) is 0 Å². The third-order valence-electron chi connectivity index (χ3n) is 4.57. The molecule has 142 valence electrons. The monoisotopic (exact) mass is 395 g/mol. The molecule has 2 N–H and O–H groups in total. The lowest BCUT2D eigenvalue weighted by Gasteiger charge is -2.32. The van der Waals surface area contributed by atoms with Crippen LogP contribution in [0.4, 0.5) is 5.82 Å². The molecule has 0 bridgehead atoms. The Morgan fingerprint density at radius 3 is 2.71 bits per heavy atom. The average Bonchev–Trinajstić information content (AvgIpc) is 2.74. The molecule has 28 heavy (non-hydrogen) atoms. The number of halogens is 1. The van der Waals surface area contributed by atoms with E-state index in [2.05, 4.69) is 10.3 Å². The summed E-state index contributed by atoms with van der Waals surface area (Å²) >= 11 is 6.01. The lowest BCUT2D eigenvalue weighted by molar-refractivity contribution is -0.139. The van der Waals surface area contributed by atoms with Crippen LogP contribution < -0.4 is 10.2 Å². The van der Waals surface area contributed by atoms with E-state index >= 15 is 0 Å². The molecule has 0 saturated carbocycles. The number of carboxylic acids is 1. The van der Waals surface area contributed by atoms with E-state index < -0.39 is 12.0 Å². The zero-order valence-electron chi connectivity index (χ0n) is 14.9. The zero-order chi connectivity index (χ0) is 19.5. The van der Waals surface area contributed by atoms with E-state index in [1.807, 2.05) is 47.4 Å². The minimum absolute atomic E-state index is 0.332. The number of hydrogen-bond donors (Lipinski definition) is 2. The van der Waals surface area contributed by atoms with Crippen LogP contribution in [0.15, 0.2) is 54.9 Å². The lowest BCUT2D eigenvalue weighted by atomic mass is 10.1. The molecule has 8 heteroatoms. The van der Waals surface area contributed by atoms with Gasteiger partial charge in [-0.15, -0.1) is 0 Å². The second-order valence-corrected chi connectivity index (χ2v) is 6.91. The van der Waals surface area contributed by atoms with E-state index in [9.17, 15) is 9.90 Å². The number of benzene rings is 1. The predicted molar refractivity (Wildman–Crippen MR) is 107 cm³/mol. The predicted octanol–water partition coefficient (Wildman–Crippen LogP) is 2.72. The first-order valence-electron chi connectivity index (χ1n) is 8.87. The minimum atomic E-state index is -0.871. The number of pyridine rings is 1. The Kier molecular flexibility index (Phi) is 5.18. The van der Waals surface area contributed by atoms with Gasteiger partial charge in [0.2, 0.25) is 0 Å². The van der Waals surface area contributed by atoms with Gasteiger partial charge in [0.25, 0.3) is 0 Å². The van der Waals surface area contributed by atoms with Crippen LogP contribution in [0.2, 0.25) is 5.02 Å². The number of rotatable bonds is 4. The van der Waals surface area contributed by atoms with Gasteiger partial charge in [0.15, 0.2) is 5.82 Å². The summed E-state index contributed by atoms with van der Waals surface area (Å²) in [5, 5.41) is 13.0. The van der Waals surface area contributed by atoms with Gasteiger partial charge in [-0.25, -0.2) is 9.97 Å². The summed E-state index contributed by atoms with van der Waals surface area (Å²) in [4.78, 5) is 26.9. The van der Waals surface area contributed by atoms with Gasteiger partial charge in [0.05, 0.1) is 5.69 Å². The van der Waals surface area contributed by atoms with E-state index in [-0.39, 0.29) is 0 Å². The Balaban J connectivity index is 1.78.